The van der Waals surface area contributed by atoms with Gasteiger partial charge in [0.1, 0.15) is 0 Å². The summed E-state index contributed by atoms with van der Waals surface area (Å²) in [5, 5.41) is -0.111. The van der Waals surface area contributed by atoms with Gasteiger partial charge in [-0.25, -0.2) is 0 Å². The Balaban J connectivity index is 1.76. The predicted molar refractivity (Wildman–Crippen MR) is 86.4 cm³/mol. The van der Waals surface area contributed by atoms with Crippen LogP contribution in [0.4, 0.5) is 0 Å². The van der Waals surface area contributed by atoms with E-state index < -0.39 is 0 Å². The molecule has 0 aliphatic heterocycles. The van der Waals surface area contributed by atoms with Gasteiger partial charge in [0.2, 0.25) is 5.12 Å². The van der Waals surface area contributed by atoms with E-state index in [1.54, 1.807) is 48.5 Å². The fourth-order valence-electron chi connectivity index (χ4n) is 2.28. The number of ketones is 2. The van der Waals surface area contributed by atoms with Crippen LogP contribution < -0.4 is 0 Å². The molecule has 0 amide bonds. The molecule has 1 aliphatic rings. The van der Waals surface area contributed by atoms with Crippen molar-refractivity contribution in [2.45, 2.75) is 0 Å². The first kappa shape index (κ1) is 14.5. The highest BCUT2D eigenvalue weighted by Crippen LogP contribution is 2.24. The van der Waals surface area contributed by atoms with Crippen LogP contribution in [0.1, 0.15) is 31.1 Å². The molecule has 0 aromatic heterocycles. The fourth-order valence-corrected chi connectivity index (χ4v) is 3.08. The number of hydrogen-bond donors (Lipinski definition) is 0. The number of Topliss-reactive ketones (excluding diaryl/α,β-unsaturated/α-hetero) is 1. The van der Waals surface area contributed by atoms with Gasteiger partial charge in [-0.15, -0.1) is 0 Å². The Morgan fingerprint density at radius 2 is 1.50 bits per heavy atom. The third-order valence-corrected chi connectivity index (χ3v) is 4.36. The lowest BCUT2D eigenvalue weighted by molar-refractivity contribution is 0.0985. The molecule has 1 aliphatic carbocycles. The molecule has 3 nitrogen and oxygen atoms in total. The molecule has 0 unspecified atom stereocenters. The third-order valence-electron chi connectivity index (χ3n) is 3.40. The average molecular weight is 308 g/mol. The second-order valence-corrected chi connectivity index (χ2v) is 5.80. The molecule has 2 aromatic rings. The normalized spacial score (nSPS) is 13.5. The van der Waals surface area contributed by atoms with Crippen LogP contribution in [0.25, 0.3) is 0 Å². The molecule has 2 aromatic carbocycles. The molecular weight excluding hydrogens is 296 g/mol. The first-order chi connectivity index (χ1) is 10.7. The Labute approximate surface area is 132 Å². The van der Waals surface area contributed by atoms with Gasteiger partial charge in [0, 0.05) is 28.0 Å². The van der Waals surface area contributed by atoms with E-state index in [1.165, 1.54) is 6.08 Å². The number of hydrogen-bond acceptors (Lipinski definition) is 4. The molecule has 0 bridgehead atoms. The van der Waals surface area contributed by atoms with Crippen molar-refractivity contribution in [3.8, 4) is 0 Å². The van der Waals surface area contributed by atoms with Crippen molar-refractivity contribution in [2.24, 2.45) is 0 Å². The van der Waals surface area contributed by atoms with Crippen LogP contribution >= 0.6 is 11.8 Å². The Bertz CT molecular complexity index is 791. The molecule has 108 valence electrons. The van der Waals surface area contributed by atoms with E-state index in [0.717, 1.165) is 11.8 Å². The minimum absolute atomic E-state index is 0.111. The lowest BCUT2D eigenvalue weighted by Crippen LogP contribution is -2.18. The Hall–Kier alpha value is -2.46. The molecule has 22 heavy (non-hydrogen) atoms. The molecule has 0 fully saturated rings. The molecule has 0 atom stereocenters. The summed E-state index contributed by atoms with van der Waals surface area (Å²) in [5.41, 5.74) is 1.80. The summed E-state index contributed by atoms with van der Waals surface area (Å²) in [7, 11) is 0. The Kier molecular flexibility index (Phi) is 4.02. The average Bonchev–Trinajstić information content (AvgIpc) is 2.57. The van der Waals surface area contributed by atoms with Gasteiger partial charge >= 0.3 is 0 Å². The van der Waals surface area contributed by atoms with Gasteiger partial charge in [-0.2, -0.15) is 0 Å². The third kappa shape index (κ3) is 2.78. The maximum atomic E-state index is 12.4. The zero-order valence-electron chi connectivity index (χ0n) is 11.6. The summed E-state index contributed by atoms with van der Waals surface area (Å²) >= 11 is 1.04. The maximum absolute atomic E-state index is 12.4. The highest BCUT2D eigenvalue weighted by molar-refractivity contribution is 8.14. The van der Waals surface area contributed by atoms with Gasteiger partial charge in [0.15, 0.2) is 11.6 Å². The van der Waals surface area contributed by atoms with Crippen LogP contribution in [-0.4, -0.2) is 22.4 Å². The van der Waals surface area contributed by atoms with Crippen molar-refractivity contribution in [1.82, 2.24) is 0 Å². The van der Waals surface area contributed by atoms with Crippen LogP contribution in [0.2, 0.25) is 0 Å². The SMILES string of the molecule is O=C(SCC1=CC(=O)c2ccccc2C1=O)c1ccccc1. The molecule has 0 saturated carbocycles. The summed E-state index contributed by atoms with van der Waals surface area (Å²) in [6.07, 6.45) is 1.34. The second-order valence-electron chi connectivity index (χ2n) is 4.85. The molecule has 4 heteroatoms. The van der Waals surface area contributed by atoms with Gasteiger partial charge in [-0.3, -0.25) is 14.4 Å². The zero-order chi connectivity index (χ0) is 15.5. The minimum atomic E-state index is -0.182. The molecular formula is C18H12O3S. The standard InChI is InChI=1S/C18H12O3S/c19-16-10-13(17(20)15-9-5-4-8-14(15)16)11-22-18(21)12-6-2-1-3-7-12/h1-10H,11H2. The Morgan fingerprint density at radius 1 is 0.864 bits per heavy atom. The van der Waals surface area contributed by atoms with Crippen LogP contribution in [0.5, 0.6) is 0 Å². The highest BCUT2D eigenvalue weighted by atomic mass is 32.2. The van der Waals surface area contributed by atoms with Crippen LogP contribution in [-0.2, 0) is 0 Å². The summed E-state index contributed by atoms with van der Waals surface area (Å²) < 4.78 is 0. The molecule has 3 rings (SSSR count). The van der Waals surface area contributed by atoms with E-state index in [0.29, 0.717) is 22.3 Å². The number of carbonyl (C=O) groups excluding carboxylic acids is 3. The van der Waals surface area contributed by atoms with Crippen LogP contribution in [0.3, 0.4) is 0 Å². The topological polar surface area (TPSA) is 51.2 Å². The summed E-state index contributed by atoms with van der Waals surface area (Å²) in [5.74, 6) is -0.159. The predicted octanol–water partition coefficient (Wildman–Crippen LogP) is 3.57. The monoisotopic (exact) mass is 308 g/mol. The Morgan fingerprint density at radius 3 is 2.23 bits per heavy atom. The quantitative estimate of drug-likeness (QED) is 0.870. The molecule has 0 N–H and O–H groups in total. The smallest absolute Gasteiger partial charge is 0.219 e. The van der Waals surface area contributed by atoms with E-state index >= 15 is 0 Å². The minimum Gasteiger partial charge on any atom is -0.289 e. The van der Waals surface area contributed by atoms with Crippen molar-refractivity contribution < 1.29 is 14.4 Å². The molecule has 0 saturated heterocycles. The van der Waals surface area contributed by atoms with Crippen molar-refractivity contribution >= 4 is 28.4 Å². The number of rotatable bonds is 3. The van der Waals surface area contributed by atoms with E-state index in [-0.39, 0.29) is 22.4 Å². The lowest BCUT2D eigenvalue weighted by Gasteiger charge is -2.14. The first-order valence-corrected chi connectivity index (χ1v) is 7.76. The van der Waals surface area contributed by atoms with Crippen LogP contribution in [0, 0.1) is 0 Å². The first-order valence-electron chi connectivity index (χ1n) is 6.77. The van der Waals surface area contributed by atoms with E-state index in [4.69, 9.17) is 0 Å². The largest absolute Gasteiger partial charge is 0.289 e. The maximum Gasteiger partial charge on any atom is 0.219 e. The number of carbonyl (C=O) groups is 3. The van der Waals surface area contributed by atoms with Crippen molar-refractivity contribution in [2.75, 3.05) is 5.75 Å². The van der Waals surface area contributed by atoms with Gasteiger partial charge in [-0.05, 0) is 6.08 Å². The number of benzene rings is 2. The lowest BCUT2D eigenvalue weighted by atomic mass is 9.90. The molecule has 0 radical (unpaired) electrons. The van der Waals surface area contributed by atoms with E-state index in [1.807, 2.05) is 6.07 Å². The summed E-state index contributed by atoms with van der Waals surface area (Å²) in [6, 6.07) is 15.6. The van der Waals surface area contributed by atoms with E-state index in [2.05, 4.69) is 0 Å². The molecule has 0 heterocycles. The van der Waals surface area contributed by atoms with Gasteiger partial charge < -0.3 is 0 Å². The highest BCUT2D eigenvalue weighted by Gasteiger charge is 2.25. The van der Waals surface area contributed by atoms with Crippen molar-refractivity contribution in [3.63, 3.8) is 0 Å². The van der Waals surface area contributed by atoms with Gasteiger partial charge in [0.05, 0.1) is 0 Å². The fraction of sp³-hybridized carbons (Fsp3) is 0.0556. The van der Waals surface area contributed by atoms with Gasteiger partial charge in [-0.1, -0.05) is 66.4 Å². The summed E-state index contributed by atoms with van der Waals surface area (Å²) in [6.45, 7) is 0. The van der Waals surface area contributed by atoms with Gasteiger partial charge in [0.25, 0.3) is 0 Å². The summed E-state index contributed by atoms with van der Waals surface area (Å²) in [4.78, 5) is 36.5. The van der Waals surface area contributed by atoms with Crippen molar-refractivity contribution in [1.29, 1.82) is 0 Å². The molecule has 0 spiro atoms. The number of thioether (sulfide) groups is 1. The van der Waals surface area contributed by atoms with Crippen molar-refractivity contribution in [3.05, 3.63) is 82.9 Å². The zero-order valence-corrected chi connectivity index (χ0v) is 12.4. The van der Waals surface area contributed by atoms with Crippen LogP contribution in [0.15, 0.2) is 66.2 Å². The second kappa shape index (κ2) is 6.12. The number of fused-ring (bicyclic) bond motifs is 1. The number of allylic oxidation sites excluding steroid dienone is 1. The van der Waals surface area contributed by atoms with E-state index in [9.17, 15) is 14.4 Å².